The van der Waals surface area contributed by atoms with Crippen molar-refractivity contribution in [2.45, 2.75) is 19.4 Å². The number of amides is 2. The molecule has 25 heavy (non-hydrogen) atoms. The Hall–Kier alpha value is -3.22. The smallest absolute Gasteiger partial charge is 0.271 e. The fraction of sp³-hybridized carbons (Fsp3) is 0.222. The Kier molecular flexibility index (Phi) is 3.68. The Labute approximate surface area is 144 Å². The first-order valence-corrected chi connectivity index (χ1v) is 8.10. The summed E-state index contributed by atoms with van der Waals surface area (Å²) in [6, 6.07) is 8.99. The van der Waals surface area contributed by atoms with Crippen LogP contribution < -0.4 is 10.2 Å². The van der Waals surface area contributed by atoms with Crippen LogP contribution >= 0.6 is 0 Å². The molecule has 1 unspecified atom stereocenters. The predicted octanol–water partition coefficient (Wildman–Crippen LogP) is 1.80. The number of nitrogens with zero attached hydrogens (tertiary/aromatic N) is 3. The molecule has 7 heteroatoms. The van der Waals surface area contributed by atoms with Crippen molar-refractivity contribution < 1.29 is 9.59 Å². The first kappa shape index (κ1) is 15.3. The lowest BCUT2D eigenvalue weighted by molar-refractivity contribution is -0.118. The van der Waals surface area contributed by atoms with Crippen LogP contribution in [0, 0.1) is 6.92 Å². The van der Waals surface area contributed by atoms with Crippen LogP contribution in [0.25, 0.3) is 10.9 Å². The molecule has 1 saturated heterocycles. The summed E-state index contributed by atoms with van der Waals surface area (Å²) in [5, 5.41) is 10.2. The van der Waals surface area contributed by atoms with Crippen molar-refractivity contribution in [3.63, 3.8) is 0 Å². The van der Waals surface area contributed by atoms with Gasteiger partial charge in [0.25, 0.3) is 5.91 Å². The number of aryl methyl sites for hydroxylation is 1. The molecule has 1 aromatic carbocycles. The third-order valence-corrected chi connectivity index (χ3v) is 4.41. The molecule has 0 radical (unpaired) electrons. The van der Waals surface area contributed by atoms with E-state index in [9.17, 15) is 9.59 Å². The molecule has 126 valence electrons. The van der Waals surface area contributed by atoms with E-state index in [2.05, 4.69) is 20.5 Å². The largest absolute Gasteiger partial charge is 0.339 e. The third kappa shape index (κ3) is 2.73. The van der Waals surface area contributed by atoms with Gasteiger partial charge in [0.15, 0.2) is 0 Å². The maximum Gasteiger partial charge on any atom is 0.271 e. The van der Waals surface area contributed by atoms with Crippen molar-refractivity contribution >= 4 is 28.4 Å². The number of pyridine rings is 1. The highest BCUT2D eigenvalue weighted by molar-refractivity contribution is 6.07. The standard InChI is InChI=1S/C18H17N5O2/c1-11-3-2-4-12(9-11)23-8-6-15(18(23)25)21-17(24)16-13-10-20-22-14(13)5-7-19-16/h2-5,7,9-10,15H,6,8H2,1H3,(H,20,22)(H,21,24). The number of nitrogens with one attached hydrogen (secondary N) is 2. The Balaban J connectivity index is 1.53. The lowest BCUT2D eigenvalue weighted by Gasteiger charge is -2.17. The summed E-state index contributed by atoms with van der Waals surface area (Å²) in [6.07, 6.45) is 3.68. The lowest BCUT2D eigenvalue weighted by Crippen LogP contribution is -2.41. The SMILES string of the molecule is Cc1cccc(N2CCC(NC(=O)c3nccc4[nH]ncc34)C2=O)c1. The van der Waals surface area contributed by atoms with Gasteiger partial charge in [0.05, 0.1) is 17.1 Å². The number of anilines is 1. The summed E-state index contributed by atoms with van der Waals surface area (Å²) in [6.45, 7) is 2.57. The van der Waals surface area contributed by atoms with E-state index in [1.807, 2.05) is 31.2 Å². The maximum atomic E-state index is 12.7. The molecule has 1 fully saturated rings. The summed E-state index contributed by atoms with van der Waals surface area (Å²) >= 11 is 0. The van der Waals surface area contributed by atoms with Crippen LogP contribution in [0.1, 0.15) is 22.5 Å². The number of H-pyrrole nitrogens is 1. The molecule has 1 aliphatic heterocycles. The van der Waals surface area contributed by atoms with Crippen molar-refractivity contribution in [1.29, 1.82) is 0 Å². The number of hydrogen-bond acceptors (Lipinski definition) is 4. The Morgan fingerprint density at radius 2 is 2.24 bits per heavy atom. The first-order chi connectivity index (χ1) is 12.1. The van der Waals surface area contributed by atoms with Crippen LogP contribution in [0.4, 0.5) is 5.69 Å². The Morgan fingerprint density at radius 1 is 1.36 bits per heavy atom. The molecule has 2 aromatic heterocycles. The van der Waals surface area contributed by atoms with Gasteiger partial charge < -0.3 is 10.2 Å². The van der Waals surface area contributed by atoms with Crippen LogP contribution in [0.15, 0.2) is 42.7 Å². The van der Waals surface area contributed by atoms with E-state index in [1.54, 1.807) is 23.4 Å². The van der Waals surface area contributed by atoms with Gasteiger partial charge >= 0.3 is 0 Å². The number of carbonyl (C=O) groups is 2. The summed E-state index contributed by atoms with van der Waals surface area (Å²) < 4.78 is 0. The van der Waals surface area contributed by atoms with E-state index in [0.717, 1.165) is 16.8 Å². The molecule has 3 heterocycles. The second kappa shape index (κ2) is 6.01. The van der Waals surface area contributed by atoms with Crippen LogP contribution in [-0.2, 0) is 4.79 Å². The Bertz CT molecular complexity index is 965. The van der Waals surface area contributed by atoms with E-state index in [-0.39, 0.29) is 17.5 Å². The molecule has 0 bridgehead atoms. The van der Waals surface area contributed by atoms with Gasteiger partial charge in [0.1, 0.15) is 11.7 Å². The van der Waals surface area contributed by atoms with E-state index in [1.165, 1.54) is 0 Å². The fourth-order valence-corrected chi connectivity index (χ4v) is 3.14. The molecule has 7 nitrogen and oxygen atoms in total. The van der Waals surface area contributed by atoms with Crippen LogP contribution in [0.3, 0.4) is 0 Å². The van der Waals surface area contributed by atoms with Gasteiger partial charge in [-0.15, -0.1) is 0 Å². The van der Waals surface area contributed by atoms with Crippen molar-refractivity contribution in [1.82, 2.24) is 20.5 Å². The van der Waals surface area contributed by atoms with Gasteiger partial charge in [-0.25, -0.2) is 0 Å². The predicted molar refractivity (Wildman–Crippen MR) is 93.3 cm³/mol. The van der Waals surface area contributed by atoms with E-state index >= 15 is 0 Å². The number of fused-ring (bicyclic) bond motifs is 1. The number of aromatic nitrogens is 3. The van der Waals surface area contributed by atoms with Crippen LogP contribution in [-0.4, -0.2) is 39.6 Å². The second-order valence-corrected chi connectivity index (χ2v) is 6.13. The molecule has 0 aliphatic carbocycles. The van der Waals surface area contributed by atoms with Crippen LogP contribution in [0.2, 0.25) is 0 Å². The van der Waals surface area contributed by atoms with Crippen molar-refractivity contribution in [2.24, 2.45) is 0 Å². The molecule has 2 amide bonds. The number of rotatable bonds is 3. The minimum Gasteiger partial charge on any atom is -0.339 e. The molecule has 4 rings (SSSR count). The summed E-state index contributed by atoms with van der Waals surface area (Å²) in [5.74, 6) is -0.463. The maximum absolute atomic E-state index is 12.7. The van der Waals surface area contributed by atoms with Crippen molar-refractivity contribution in [3.8, 4) is 0 Å². The van der Waals surface area contributed by atoms with Gasteiger partial charge in [0, 0.05) is 18.4 Å². The van der Waals surface area contributed by atoms with Gasteiger partial charge in [-0.05, 0) is 37.1 Å². The summed E-state index contributed by atoms with van der Waals surface area (Å²) in [4.78, 5) is 31.1. The highest BCUT2D eigenvalue weighted by atomic mass is 16.2. The van der Waals surface area contributed by atoms with E-state index < -0.39 is 6.04 Å². The quantitative estimate of drug-likeness (QED) is 0.763. The minimum absolute atomic E-state index is 0.0988. The average Bonchev–Trinajstić information content (AvgIpc) is 3.22. The average molecular weight is 335 g/mol. The van der Waals surface area contributed by atoms with E-state index in [4.69, 9.17) is 0 Å². The zero-order valence-electron chi connectivity index (χ0n) is 13.7. The topological polar surface area (TPSA) is 91.0 Å². The fourth-order valence-electron chi connectivity index (χ4n) is 3.14. The zero-order valence-corrected chi connectivity index (χ0v) is 13.7. The summed E-state index contributed by atoms with van der Waals surface area (Å²) in [7, 11) is 0. The molecule has 2 N–H and O–H groups in total. The Morgan fingerprint density at radius 3 is 3.08 bits per heavy atom. The molecular formula is C18H17N5O2. The number of carbonyl (C=O) groups excluding carboxylic acids is 2. The zero-order chi connectivity index (χ0) is 17.4. The van der Waals surface area contributed by atoms with Crippen LogP contribution in [0.5, 0.6) is 0 Å². The first-order valence-electron chi connectivity index (χ1n) is 8.10. The highest BCUT2D eigenvalue weighted by Crippen LogP contribution is 2.23. The van der Waals surface area contributed by atoms with Crippen molar-refractivity contribution in [3.05, 3.63) is 54.0 Å². The summed E-state index contributed by atoms with van der Waals surface area (Å²) in [5.41, 5.74) is 2.96. The molecular weight excluding hydrogens is 318 g/mol. The second-order valence-electron chi connectivity index (χ2n) is 6.13. The molecule has 0 spiro atoms. The third-order valence-electron chi connectivity index (χ3n) is 4.41. The normalized spacial score (nSPS) is 17.2. The minimum atomic E-state index is -0.544. The monoisotopic (exact) mass is 335 g/mol. The highest BCUT2D eigenvalue weighted by Gasteiger charge is 2.34. The van der Waals surface area contributed by atoms with Gasteiger partial charge in [-0.1, -0.05) is 12.1 Å². The van der Waals surface area contributed by atoms with Gasteiger partial charge in [-0.2, -0.15) is 5.10 Å². The molecule has 1 aliphatic rings. The number of aromatic amines is 1. The number of benzene rings is 1. The number of hydrogen-bond donors (Lipinski definition) is 2. The molecule has 0 saturated carbocycles. The molecule has 3 aromatic rings. The molecule has 1 atom stereocenters. The van der Waals surface area contributed by atoms with E-state index in [0.29, 0.717) is 18.4 Å². The lowest BCUT2D eigenvalue weighted by atomic mass is 10.2. The van der Waals surface area contributed by atoms with Crippen molar-refractivity contribution in [2.75, 3.05) is 11.4 Å². The van der Waals surface area contributed by atoms with Gasteiger partial charge in [-0.3, -0.25) is 19.7 Å². The van der Waals surface area contributed by atoms with Gasteiger partial charge in [0.2, 0.25) is 5.91 Å².